The molecule has 4 heteroatoms. The van der Waals surface area contributed by atoms with Crippen molar-refractivity contribution in [3.05, 3.63) is 22.7 Å². The molecule has 1 aliphatic carbocycles. The number of anilines is 1. The van der Waals surface area contributed by atoms with Crippen LogP contribution in [0.3, 0.4) is 0 Å². The van der Waals surface area contributed by atoms with Gasteiger partial charge in [0.1, 0.15) is 0 Å². The van der Waals surface area contributed by atoms with E-state index in [4.69, 9.17) is 5.73 Å². The van der Waals surface area contributed by atoms with Crippen molar-refractivity contribution in [2.24, 2.45) is 5.92 Å². The van der Waals surface area contributed by atoms with Crippen LogP contribution in [0, 0.1) is 5.92 Å². The highest BCUT2D eigenvalue weighted by atomic mass is 79.9. The molecular weight excluding hydrogens is 286 g/mol. The minimum absolute atomic E-state index is 0.629. The van der Waals surface area contributed by atoms with Gasteiger partial charge in [-0.3, -0.25) is 4.21 Å². The number of nitrogens with two attached hydrogens (primary N) is 1. The fraction of sp³-hybridized carbons (Fsp3) is 0.500. The lowest BCUT2D eigenvalue weighted by Crippen LogP contribution is -2.09. The van der Waals surface area contributed by atoms with Gasteiger partial charge < -0.3 is 5.73 Å². The van der Waals surface area contributed by atoms with Crippen molar-refractivity contribution in [1.29, 1.82) is 0 Å². The van der Waals surface area contributed by atoms with Crippen molar-refractivity contribution >= 4 is 32.4 Å². The fourth-order valence-corrected chi connectivity index (χ4v) is 4.07. The predicted octanol–water partition coefficient (Wildman–Crippen LogP) is 3.33. The molecule has 0 saturated heterocycles. The van der Waals surface area contributed by atoms with E-state index in [0.29, 0.717) is 11.6 Å². The minimum Gasteiger partial charge on any atom is -0.398 e. The highest BCUT2D eigenvalue weighted by molar-refractivity contribution is 9.10. The van der Waals surface area contributed by atoms with Crippen LogP contribution in [0.1, 0.15) is 25.7 Å². The van der Waals surface area contributed by atoms with Crippen molar-refractivity contribution in [3.63, 3.8) is 0 Å². The third-order valence-electron chi connectivity index (χ3n) is 3.08. The van der Waals surface area contributed by atoms with Gasteiger partial charge in [-0.05, 0) is 37.0 Å². The van der Waals surface area contributed by atoms with Crippen molar-refractivity contribution in [2.45, 2.75) is 30.6 Å². The zero-order valence-electron chi connectivity index (χ0n) is 9.12. The number of hydrogen-bond donors (Lipinski definition) is 1. The third kappa shape index (κ3) is 2.86. The molecule has 1 aliphatic rings. The summed E-state index contributed by atoms with van der Waals surface area (Å²) >= 11 is 3.35. The Morgan fingerprint density at radius 2 is 2.06 bits per heavy atom. The van der Waals surface area contributed by atoms with Crippen molar-refractivity contribution in [2.75, 3.05) is 11.5 Å². The maximum absolute atomic E-state index is 12.1. The number of benzene rings is 1. The molecule has 0 bridgehead atoms. The molecule has 2 rings (SSSR count). The Balaban J connectivity index is 2.08. The van der Waals surface area contributed by atoms with Crippen molar-refractivity contribution < 1.29 is 4.21 Å². The summed E-state index contributed by atoms with van der Waals surface area (Å²) in [7, 11) is -0.939. The average Bonchev–Trinajstić information content (AvgIpc) is 2.70. The summed E-state index contributed by atoms with van der Waals surface area (Å²) < 4.78 is 13.1. The van der Waals surface area contributed by atoms with Crippen molar-refractivity contribution in [1.82, 2.24) is 0 Å². The van der Waals surface area contributed by atoms with Crippen LogP contribution in [0.15, 0.2) is 27.6 Å². The SMILES string of the molecule is Nc1cc(Br)ccc1S(=O)CC1CCCC1. The Bertz CT molecular complexity index is 402. The number of nitrogen functional groups attached to an aromatic ring is 1. The molecule has 88 valence electrons. The molecule has 1 fully saturated rings. The Hall–Kier alpha value is -0.350. The van der Waals surface area contributed by atoms with E-state index in [2.05, 4.69) is 15.9 Å². The largest absolute Gasteiger partial charge is 0.398 e. The van der Waals surface area contributed by atoms with Gasteiger partial charge >= 0.3 is 0 Å². The summed E-state index contributed by atoms with van der Waals surface area (Å²) in [6, 6.07) is 5.59. The summed E-state index contributed by atoms with van der Waals surface area (Å²) in [5.41, 5.74) is 6.50. The van der Waals surface area contributed by atoms with Crippen LogP contribution in [0.5, 0.6) is 0 Å². The first-order valence-corrected chi connectivity index (χ1v) is 7.71. The molecule has 1 saturated carbocycles. The van der Waals surface area contributed by atoms with Crippen LogP contribution < -0.4 is 5.73 Å². The lowest BCUT2D eigenvalue weighted by atomic mass is 10.1. The van der Waals surface area contributed by atoms with Gasteiger partial charge in [-0.1, -0.05) is 28.8 Å². The molecule has 0 radical (unpaired) electrons. The predicted molar refractivity (Wildman–Crippen MR) is 71.8 cm³/mol. The van der Waals surface area contributed by atoms with Crippen LogP contribution in [0.25, 0.3) is 0 Å². The summed E-state index contributed by atoms with van der Waals surface area (Å²) in [6.45, 7) is 0. The molecule has 0 amide bonds. The van der Waals surface area contributed by atoms with Gasteiger partial charge in [-0.2, -0.15) is 0 Å². The highest BCUT2D eigenvalue weighted by Crippen LogP contribution is 2.28. The van der Waals surface area contributed by atoms with Crippen LogP contribution in [0.4, 0.5) is 5.69 Å². The molecule has 0 aromatic heterocycles. The Labute approximate surface area is 107 Å². The van der Waals surface area contributed by atoms with E-state index in [0.717, 1.165) is 15.1 Å². The van der Waals surface area contributed by atoms with E-state index in [9.17, 15) is 4.21 Å². The zero-order valence-corrected chi connectivity index (χ0v) is 11.5. The highest BCUT2D eigenvalue weighted by Gasteiger charge is 2.19. The molecular formula is C12H16BrNOS. The van der Waals surface area contributed by atoms with E-state index in [1.807, 2.05) is 18.2 Å². The first-order valence-electron chi connectivity index (χ1n) is 5.60. The van der Waals surface area contributed by atoms with Crippen LogP contribution in [0.2, 0.25) is 0 Å². The second kappa shape index (κ2) is 5.32. The lowest BCUT2D eigenvalue weighted by molar-refractivity contribution is 0.604. The fourth-order valence-electron chi connectivity index (χ4n) is 2.21. The quantitative estimate of drug-likeness (QED) is 0.870. The standard InChI is InChI=1S/C12H16BrNOS/c13-10-5-6-12(11(14)7-10)16(15)8-9-3-1-2-4-9/h5-7,9H,1-4,8,14H2. The van der Waals surface area contributed by atoms with E-state index in [-0.39, 0.29) is 0 Å². The molecule has 0 spiro atoms. The van der Waals surface area contributed by atoms with E-state index < -0.39 is 10.8 Å². The smallest absolute Gasteiger partial charge is 0.0618 e. The van der Waals surface area contributed by atoms with Gasteiger partial charge in [0.25, 0.3) is 0 Å². The first kappa shape index (κ1) is 12.1. The normalized spacial score (nSPS) is 18.8. The van der Waals surface area contributed by atoms with E-state index in [1.165, 1.54) is 25.7 Å². The van der Waals surface area contributed by atoms with Gasteiger partial charge in [0, 0.05) is 15.9 Å². The van der Waals surface area contributed by atoms with Gasteiger partial charge in [-0.15, -0.1) is 0 Å². The van der Waals surface area contributed by atoms with Gasteiger partial charge in [0.05, 0.1) is 15.7 Å². The molecule has 1 aromatic carbocycles. The Morgan fingerprint density at radius 3 is 2.69 bits per heavy atom. The van der Waals surface area contributed by atoms with Crippen LogP contribution in [-0.4, -0.2) is 9.96 Å². The topological polar surface area (TPSA) is 43.1 Å². The monoisotopic (exact) mass is 301 g/mol. The molecule has 16 heavy (non-hydrogen) atoms. The Kier molecular flexibility index (Phi) is 4.03. The van der Waals surface area contributed by atoms with Gasteiger partial charge in [0.15, 0.2) is 0 Å². The molecule has 1 atom stereocenters. The molecule has 2 nitrogen and oxygen atoms in total. The van der Waals surface area contributed by atoms with E-state index >= 15 is 0 Å². The minimum atomic E-state index is -0.939. The maximum atomic E-state index is 12.1. The number of rotatable bonds is 3. The summed E-state index contributed by atoms with van der Waals surface area (Å²) in [5, 5.41) is 0. The first-order chi connectivity index (χ1) is 7.66. The second-order valence-corrected chi connectivity index (χ2v) is 6.72. The van der Waals surface area contributed by atoms with Crippen LogP contribution >= 0.6 is 15.9 Å². The third-order valence-corrected chi connectivity index (χ3v) is 5.21. The van der Waals surface area contributed by atoms with Crippen LogP contribution in [-0.2, 0) is 10.8 Å². The molecule has 0 heterocycles. The molecule has 1 aromatic rings. The number of halogens is 1. The van der Waals surface area contributed by atoms with Gasteiger partial charge in [0.2, 0.25) is 0 Å². The molecule has 1 unspecified atom stereocenters. The van der Waals surface area contributed by atoms with Gasteiger partial charge in [-0.25, -0.2) is 0 Å². The lowest BCUT2D eigenvalue weighted by Gasteiger charge is -2.10. The summed E-state index contributed by atoms with van der Waals surface area (Å²) in [6.07, 6.45) is 5.03. The molecule has 2 N–H and O–H groups in total. The zero-order chi connectivity index (χ0) is 11.5. The summed E-state index contributed by atoms with van der Waals surface area (Å²) in [5.74, 6) is 1.40. The van der Waals surface area contributed by atoms with Crippen molar-refractivity contribution in [3.8, 4) is 0 Å². The maximum Gasteiger partial charge on any atom is 0.0618 e. The molecule has 0 aliphatic heterocycles. The summed E-state index contributed by atoms with van der Waals surface area (Å²) in [4.78, 5) is 0.787. The van der Waals surface area contributed by atoms with E-state index in [1.54, 1.807) is 0 Å². The number of hydrogen-bond acceptors (Lipinski definition) is 2. The average molecular weight is 302 g/mol. The second-order valence-electron chi connectivity index (χ2n) is 4.34. The Morgan fingerprint density at radius 1 is 1.38 bits per heavy atom.